The molecule has 2 heterocycles. The lowest BCUT2D eigenvalue weighted by Crippen LogP contribution is -2.14. The van der Waals surface area contributed by atoms with E-state index in [-0.39, 0.29) is 4.90 Å². The molecule has 2 N–H and O–H groups in total. The van der Waals surface area contributed by atoms with Crippen LogP contribution < -0.4 is 5.73 Å². The lowest BCUT2D eigenvalue weighted by atomic mass is 10.1. The van der Waals surface area contributed by atoms with Crippen LogP contribution >= 0.6 is 11.3 Å². The Hall–Kier alpha value is -2.51. The van der Waals surface area contributed by atoms with Crippen LogP contribution in [0.15, 0.2) is 52.9 Å². The maximum absolute atomic E-state index is 12.4. The van der Waals surface area contributed by atoms with Crippen molar-refractivity contribution in [3.63, 3.8) is 0 Å². The Morgan fingerprint density at radius 2 is 1.85 bits per heavy atom. The van der Waals surface area contributed by atoms with Crippen LogP contribution in [0.5, 0.6) is 0 Å². The Morgan fingerprint density at radius 1 is 1.04 bits per heavy atom. The van der Waals surface area contributed by atoms with E-state index in [0.717, 1.165) is 21.5 Å². The number of thiazole rings is 1. The molecule has 2 aromatic heterocycles. The van der Waals surface area contributed by atoms with Gasteiger partial charge in [-0.25, -0.2) is 18.4 Å². The van der Waals surface area contributed by atoms with E-state index in [1.807, 2.05) is 23.7 Å². The van der Waals surface area contributed by atoms with Gasteiger partial charge in [0.1, 0.15) is 0 Å². The standard InChI is InChI=1S/C19H17N3O2S2/c1-11(2)26(23,24)13-4-5-16-14(8-13)15(20)9-17(22-16)12-3-6-19-18(7-12)21-10-25-19/h3-11H,1-2H3,(H2,20,22). The molecular weight excluding hydrogens is 366 g/mol. The second-order valence-corrected chi connectivity index (χ2v) is 9.79. The molecular formula is C19H17N3O2S2. The molecule has 132 valence electrons. The van der Waals surface area contributed by atoms with Crippen LogP contribution in [0.3, 0.4) is 0 Å². The molecule has 0 aliphatic rings. The predicted molar refractivity (Wildman–Crippen MR) is 107 cm³/mol. The molecule has 0 bridgehead atoms. The molecule has 5 nitrogen and oxygen atoms in total. The first-order chi connectivity index (χ1) is 12.4. The number of anilines is 1. The number of nitrogen functional groups attached to an aromatic ring is 1. The Bertz CT molecular complexity index is 1240. The number of hydrogen-bond acceptors (Lipinski definition) is 6. The van der Waals surface area contributed by atoms with Gasteiger partial charge in [-0.1, -0.05) is 6.07 Å². The second kappa shape index (κ2) is 6.03. The average molecular weight is 383 g/mol. The topological polar surface area (TPSA) is 85.9 Å². The maximum Gasteiger partial charge on any atom is 0.180 e. The van der Waals surface area contributed by atoms with Crippen LogP contribution in [0.4, 0.5) is 5.69 Å². The van der Waals surface area contributed by atoms with E-state index in [1.165, 1.54) is 0 Å². The molecule has 0 fully saturated rings. The van der Waals surface area contributed by atoms with Crippen molar-refractivity contribution >= 4 is 48.0 Å². The van der Waals surface area contributed by atoms with Crippen molar-refractivity contribution in [1.29, 1.82) is 0 Å². The highest BCUT2D eigenvalue weighted by atomic mass is 32.2. The fourth-order valence-electron chi connectivity index (χ4n) is 2.85. The average Bonchev–Trinajstić information content (AvgIpc) is 3.08. The van der Waals surface area contributed by atoms with Gasteiger partial charge in [0.2, 0.25) is 0 Å². The maximum atomic E-state index is 12.4. The summed E-state index contributed by atoms with van der Waals surface area (Å²) in [5.41, 5.74) is 11.8. The van der Waals surface area contributed by atoms with Gasteiger partial charge < -0.3 is 5.73 Å². The summed E-state index contributed by atoms with van der Waals surface area (Å²) in [6.45, 7) is 3.33. The highest BCUT2D eigenvalue weighted by Gasteiger charge is 2.20. The third-order valence-corrected chi connectivity index (χ3v) is 7.35. The van der Waals surface area contributed by atoms with E-state index in [1.54, 1.807) is 49.4 Å². The van der Waals surface area contributed by atoms with E-state index < -0.39 is 15.1 Å². The predicted octanol–water partition coefficient (Wildman–Crippen LogP) is 4.28. The second-order valence-electron chi connectivity index (χ2n) is 6.40. The Kier molecular flexibility index (Phi) is 3.93. The van der Waals surface area contributed by atoms with E-state index in [9.17, 15) is 8.42 Å². The zero-order chi connectivity index (χ0) is 18.5. The van der Waals surface area contributed by atoms with Crippen molar-refractivity contribution in [2.45, 2.75) is 24.0 Å². The third kappa shape index (κ3) is 2.73. The molecule has 0 aliphatic heterocycles. The summed E-state index contributed by atoms with van der Waals surface area (Å²) in [6, 6.07) is 12.7. The molecule has 2 aromatic carbocycles. The van der Waals surface area contributed by atoms with E-state index in [0.29, 0.717) is 16.6 Å². The SMILES string of the molecule is CC(C)S(=O)(=O)c1ccc2nc(-c3ccc4scnc4c3)cc(N)c2c1. The smallest absolute Gasteiger partial charge is 0.180 e. The molecule has 0 radical (unpaired) electrons. The van der Waals surface area contributed by atoms with Crippen LogP contribution in [-0.4, -0.2) is 23.6 Å². The number of sulfone groups is 1. The first-order valence-corrected chi connectivity index (χ1v) is 10.6. The van der Waals surface area contributed by atoms with Gasteiger partial charge in [-0.2, -0.15) is 0 Å². The van der Waals surface area contributed by atoms with Gasteiger partial charge in [-0.05, 0) is 50.2 Å². The van der Waals surface area contributed by atoms with Gasteiger partial charge in [-0.3, -0.25) is 0 Å². The number of benzene rings is 2. The highest BCUT2D eigenvalue weighted by molar-refractivity contribution is 7.92. The number of pyridine rings is 1. The summed E-state index contributed by atoms with van der Waals surface area (Å²) in [5.74, 6) is 0. The van der Waals surface area contributed by atoms with Crippen LogP contribution in [0, 0.1) is 0 Å². The number of rotatable bonds is 3. The van der Waals surface area contributed by atoms with E-state index in [2.05, 4.69) is 9.97 Å². The minimum absolute atomic E-state index is 0.269. The first kappa shape index (κ1) is 16.9. The van der Waals surface area contributed by atoms with Gasteiger partial charge in [0.15, 0.2) is 9.84 Å². The fourth-order valence-corrected chi connectivity index (χ4v) is 4.59. The molecule has 0 spiro atoms. The highest BCUT2D eigenvalue weighted by Crippen LogP contribution is 2.31. The zero-order valence-electron chi connectivity index (χ0n) is 14.3. The molecule has 0 atom stereocenters. The number of aromatic nitrogens is 2. The monoisotopic (exact) mass is 383 g/mol. The van der Waals surface area contributed by atoms with Crippen molar-refractivity contribution in [3.05, 3.63) is 48.0 Å². The molecule has 0 unspecified atom stereocenters. The Balaban J connectivity index is 1.87. The molecule has 0 saturated heterocycles. The van der Waals surface area contributed by atoms with Crippen molar-refractivity contribution in [2.75, 3.05) is 5.73 Å². The summed E-state index contributed by atoms with van der Waals surface area (Å²) >= 11 is 1.59. The quantitative estimate of drug-likeness (QED) is 0.571. The molecule has 4 aromatic rings. The molecule has 0 amide bonds. The van der Waals surface area contributed by atoms with E-state index >= 15 is 0 Å². The van der Waals surface area contributed by atoms with Gasteiger partial charge in [0.25, 0.3) is 0 Å². The lowest BCUT2D eigenvalue weighted by Gasteiger charge is -2.11. The molecule has 26 heavy (non-hydrogen) atoms. The van der Waals surface area contributed by atoms with Crippen molar-refractivity contribution in [3.8, 4) is 11.3 Å². The normalized spacial score (nSPS) is 12.3. The summed E-state index contributed by atoms with van der Waals surface area (Å²) in [7, 11) is -3.36. The van der Waals surface area contributed by atoms with Crippen molar-refractivity contribution < 1.29 is 8.42 Å². The molecule has 0 saturated carbocycles. The Morgan fingerprint density at radius 3 is 2.62 bits per heavy atom. The minimum Gasteiger partial charge on any atom is -0.398 e. The van der Waals surface area contributed by atoms with Crippen molar-refractivity contribution in [1.82, 2.24) is 9.97 Å². The van der Waals surface area contributed by atoms with Gasteiger partial charge in [-0.15, -0.1) is 11.3 Å². The molecule has 0 aliphatic carbocycles. The first-order valence-electron chi connectivity index (χ1n) is 8.14. The summed E-state index contributed by atoms with van der Waals surface area (Å²) < 4.78 is 25.9. The molecule has 7 heteroatoms. The fraction of sp³-hybridized carbons (Fsp3) is 0.158. The van der Waals surface area contributed by atoms with Gasteiger partial charge in [0.05, 0.1) is 37.1 Å². The van der Waals surface area contributed by atoms with Gasteiger partial charge in [0, 0.05) is 16.6 Å². The number of hydrogen-bond donors (Lipinski definition) is 1. The number of nitrogens with two attached hydrogens (primary N) is 1. The summed E-state index contributed by atoms with van der Waals surface area (Å²) in [6.07, 6.45) is 0. The molecule has 4 rings (SSSR count). The minimum atomic E-state index is -3.36. The lowest BCUT2D eigenvalue weighted by molar-refractivity contribution is 0.587. The van der Waals surface area contributed by atoms with Crippen molar-refractivity contribution in [2.24, 2.45) is 0 Å². The largest absolute Gasteiger partial charge is 0.398 e. The van der Waals surface area contributed by atoms with Crippen LogP contribution in [0.1, 0.15) is 13.8 Å². The van der Waals surface area contributed by atoms with Crippen LogP contribution in [0.25, 0.3) is 32.4 Å². The third-order valence-electron chi connectivity index (χ3n) is 4.39. The number of fused-ring (bicyclic) bond motifs is 2. The summed E-state index contributed by atoms with van der Waals surface area (Å²) in [5, 5.41) is 0.156. The summed E-state index contributed by atoms with van der Waals surface area (Å²) in [4.78, 5) is 9.27. The van der Waals surface area contributed by atoms with Gasteiger partial charge >= 0.3 is 0 Å². The number of nitrogens with zero attached hydrogens (tertiary/aromatic N) is 2. The Labute approximate surface area is 155 Å². The zero-order valence-corrected chi connectivity index (χ0v) is 15.9. The van der Waals surface area contributed by atoms with Crippen LogP contribution in [-0.2, 0) is 9.84 Å². The van der Waals surface area contributed by atoms with Crippen LogP contribution in [0.2, 0.25) is 0 Å². The van der Waals surface area contributed by atoms with E-state index in [4.69, 9.17) is 5.73 Å².